The molecule has 1 aliphatic heterocycles. The van der Waals surface area contributed by atoms with E-state index in [1.54, 1.807) is 0 Å². The zero-order chi connectivity index (χ0) is 10.7. The number of para-hydroxylation sites is 1. The Hall–Kier alpha value is -1.22. The van der Waals surface area contributed by atoms with E-state index >= 15 is 0 Å². The lowest BCUT2D eigenvalue weighted by Gasteiger charge is -2.24. The molecule has 0 saturated heterocycles. The lowest BCUT2D eigenvalue weighted by Crippen LogP contribution is -2.21. The second-order valence-corrected chi connectivity index (χ2v) is 3.77. The Morgan fingerprint density at radius 3 is 3.20 bits per heavy atom. The molecule has 3 nitrogen and oxygen atoms in total. The minimum atomic E-state index is 0.0823. The van der Waals surface area contributed by atoms with Crippen molar-refractivity contribution in [2.45, 2.75) is 25.8 Å². The van der Waals surface area contributed by atoms with Crippen molar-refractivity contribution in [3.8, 4) is 11.5 Å². The summed E-state index contributed by atoms with van der Waals surface area (Å²) in [5.74, 6) is 1.66. The molecule has 1 heterocycles. The van der Waals surface area contributed by atoms with Crippen LogP contribution >= 0.6 is 0 Å². The molecule has 1 atom stereocenters. The van der Waals surface area contributed by atoms with Crippen LogP contribution in [-0.2, 0) is 0 Å². The summed E-state index contributed by atoms with van der Waals surface area (Å²) in [6.07, 6.45) is 1.87. The molecule has 15 heavy (non-hydrogen) atoms. The molecular weight excluding hydrogens is 190 g/mol. The maximum atomic E-state index is 6.01. The van der Waals surface area contributed by atoms with Crippen molar-refractivity contribution in [1.82, 2.24) is 0 Å². The number of ether oxygens (including phenoxy) is 2. The number of hydrogen-bond donors (Lipinski definition) is 1. The monoisotopic (exact) mass is 207 g/mol. The highest BCUT2D eigenvalue weighted by molar-refractivity contribution is 5.48. The lowest BCUT2D eigenvalue weighted by molar-refractivity contribution is 0.239. The molecule has 3 heteroatoms. The Bertz CT molecular complexity index is 338. The quantitative estimate of drug-likeness (QED) is 0.826. The fourth-order valence-corrected chi connectivity index (χ4v) is 1.75. The zero-order valence-electron chi connectivity index (χ0n) is 9.03. The highest BCUT2D eigenvalue weighted by Gasteiger charge is 2.21. The average Bonchev–Trinajstić information content (AvgIpc) is 2.27. The third kappa shape index (κ3) is 2.07. The first-order valence-electron chi connectivity index (χ1n) is 5.47. The summed E-state index contributed by atoms with van der Waals surface area (Å²) in [6, 6.07) is 6.00. The van der Waals surface area contributed by atoms with Gasteiger partial charge in [-0.25, -0.2) is 0 Å². The predicted molar refractivity (Wildman–Crippen MR) is 59.3 cm³/mol. The maximum absolute atomic E-state index is 6.01. The molecule has 0 aromatic heterocycles. The van der Waals surface area contributed by atoms with Gasteiger partial charge in [-0.3, -0.25) is 0 Å². The second-order valence-electron chi connectivity index (χ2n) is 3.77. The third-order valence-corrected chi connectivity index (χ3v) is 2.55. The molecule has 1 aliphatic rings. The van der Waals surface area contributed by atoms with E-state index in [2.05, 4.69) is 6.92 Å². The van der Waals surface area contributed by atoms with Crippen molar-refractivity contribution in [2.75, 3.05) is 13.2 Å². The van der Waals surface area contributed by atoms with Gasteiger partial charge in [0.2, 0.25) is 0 Å². The van der Waals surface area contributed by atoms with Crippen molar-refractivity contribution >= 4 is 0 Å². The fraction of sp³-hybridized carbons (Fsp3) is 0.500. The first-order valence-corrected chi connectivity index (χ1v) is 5.47. The van der Waals surface area contributed by atoms with Crippen molar-refractivity contribution in [3.63, 3.8) is 0 Å². The van der Waals surface area contributed by atoms with Gasteiger partial charge in [0.1, 0.15) is 0 Å². The lowest BCUT2D eigenvalue weighted by atomic mass is 10.0. The van der Waals surface area contributed by atoms with Crippen LogP contribution in [0.1, 0.15) is 31.4 Å². The summed E-state index contributed by atoms with van der Waals surface area (Å²) < 4.78 is 11.2. The summed E-state index contributed by atoms with van der Waals surface area (Å²) in [5, 5.41) is 0. The number of benzene rings is 1. The maximum Gasteiger partial charge on any atom is 0.165 e. The molecule has 0 amide bonds. The van der Waals surface area contributed by atoms with Gasteiger partial charge < -0.3 is 15.2 Å². The van der Waals surface area contributed by atoms with Crippen molar-refractivity contribution < 1.29 is 9.47 Å². The van der Waals surface area contributed by atoms with Crippen molar-refractivity contribution in [1.29, 1.82) is 0 Å². The van der Waals surface area contributed by atoms with Crippen LogP contribution in [0.4, 0.5) is 0 Å². The van der Waals surface area contributed by atoms with Crippen molar-refractivity contribution in [2.24, 2.45) is 5.73 Å². The van der Waals surface area contributed by atoms with E-state index in [9.17, 15) is 0 Å². The van der Waals surface area contributed by atoms with Gasteiger partial charge in [-0.15, -0.1) is 0 Å². The number of hydrogen-bond acceptors (Lipinski definition) is 3. The van der Waals surface area contributed by atoms with E-state index in [1.807, 2.05) is 18.2 Å². The van der Waals surface area contributed by atoms with Crippen LogP contribution in [0.25, 0.3) is 0 Å². The molecule has 0 saturated carbocycles. The molecule has 0 spiro atoms. The van der Waals surface area contributed by atoms with Gasteiger partial charge in [0.25, 0.3) is 0 Å². The Balaban J connectivity index is 2.27. The second kappa shape index (κ2) is 4.53. The summed E-state index contributed by atoms with van der Waals surface area (Å²) in [6.45, 7) is 3.48. The van der Waals surface area contributed by atoms with Gasteiger partial charge in [0.15, 0.2) is 11.5 Å². The summed E-state index contributed by atoms with van der Waals surface area (Å²) in [7, 11) is 0. The van der Waals surface area contributed by atoms with Gasteiger partial charge in [-0.1, -0.05) is 19.1 Å². The van der Waals surface area contributed by atoms with Crippen LogP contribution in [0, 0.1) is 0 Å². The first-order chi connectivity index (χ1) is 7.33. The molecule has 1 aromatic carbocycles. The van der Waals surface area contributed by atoms with Crippen molar-refractivity contribution in [3.05, 3.63) is 23.8 Å². The zero-order valence-corrected chi connectivity index (χ0v) is 9.03. The molecule has 0 bridgehead atoms. The van der Waals surface area contributed by atoms with Gasteiger partial charge in [-0.05, 0) is 12.5 Å². The smallest absolute Gasteiger partial charge is 0.165 e. The Morgan fingerprint density at radius 1 is 1.53 bits per heavy atom. The topological polar surface area (TPSA) is 44.5 Å². The summed E-state index contributed by atoms with van der Waals surface area (Å²) in [4.78, 5) is 0. The Kier molecular flexibility index (Phi) is 3.11. The molecule has 2 rings (SSSR count). The summed E-state index contributed by atoms with van der Waals surface area (Å²) in [5.41, 5.74) is 7.07. The normalized spacial score (nSPS) is 19.2. The molecular formula is C12H17NO2. The number of rotatable bonds is 3. The van der Waals surface area contributed by atoms with E-state index in [4.69, 9.17) is 15.2 Å². The largest absolute Gasteiger partial charge is 0.490 e. The molecule has 1 unspecified atom stereocenters. The highest BCUT2D eigenvalue weighted by atomic mass is 16.5. The van der Waals surface area contributed by atoms with Gasteiger partial charge >= 0.3 is 0 Å². The van der Waals surface area contributed by atoms with Gasteiger partial charge in [-0.2, -0.15) is 0 Å². The van der Waals surface area contributed by atoms with Crippen LogP contribution in [0.15, 0.2) is 18.2 Å². The highest BCUT2D eigenvalue weighted by Crippen LogP contribution is 2.38. The van der Waals surface area contributed by atoms with Crippen LogP contribution in [0.3, 0.4) is 0 Å². The average molecular weight is 207 g/mol. The molecule has 82 valence electrons. The van der Waals surface area contributed by atoms with Crippen LogP contribution in [0.5, 0.6) is 11.5 Å². The fourth-order valence-electron chi connectivity index (χ4n) is 1.75. The van der Waals surface area contributed by atoms with E-state index in [1.165, 1.54) is 0 Å². The van der Waals surface area contributed by atoms with E-state index in [-0.39, 0.29) is 6.04 Å². The number of nitrogens with two attached hydrogens (primary N) is 1. The van der Waals surface area contributed by atoms with Crippen LogP contribution < -0.4 is 15.2 Å². The van der Waals surface area contributed by atoms with Gasteiger partial charge in [0.05, 0.1) is 13.2 Å². The molecule has 0 aliphatic carbocycles. The molecule has 1 aromatic rings. The van der Waals surface area contributed by atoms with E-state index in [0.29, 0.717) is 6.61 Å². The molecule has 2 N–H and O–H groups in total. The first kappa shape index (κ1) is 10.3. The predicted octanol–water partition coefficient (Wildman–Crippen LogP) is 2.26. The van der Waals surface area contributed by atoms with E-state index < -0.39 is 0 Å². The van der Waals surface area contributed by atoms with E-state index in [0.717, 1.165) is 36.5 Å². The standard InChI is InChI=1S/C12H17NO2/c1-2-7-14-11-5-3-4-9-10(13)6-8-15-12(9)11/h3-5,10H,2,6-8,13H2,1H3. The molecule has 0 fully saturated rings. The minimum absolute atomic E-state index is 0.0823. The van der Waals surface area contributed by atoms with Crippen LogP contribution in [-0.4, -0.2) is 13.2 Å². The van der Waals surface area contributed by atoms with Gasteiger partial charge in [0, 0.05) is 18.0 Å². The SMILES string of the molecule is CCCOc1cccc2c1OCCC2N. The van der Waals surface area contributed by atoms with Crippen LogP contribution in [0.2, 0.25) is 0 Å². The third-order valence-electron chi connectivity index (χ3n) is 2.55. The summed E-state index contributed by atoms with van der Waals surface area (Å²) >= 11 is 0. The molecule has 0 radical (unpaired) electrons. The number of fused-ring (bicyclic) bond motifs is 1. The Morgan fingerprint density at radius 2 is 2.40 bits per heavy atom. The minimum Gasteiger partial charge on any atom is -0.490 e. The Labute approximate surface area is 90.2 Å².